The molecule has 0 aliphatic carbocycles. The highest BCUT2D eigenvalue weighted by molar-refractivity contribution is 5.95. The number of carbonyl (C=O) groups excluding carboxylic acids is 1. The van der Waals surface area contributed by atoms with E-state index >= 15 is 0 Å². The molecule has 156 valence electrons. The van der Waals surface area contributed by atoms with Crippen LogP contribution in [0.1, 0.15) is 28.6 Å². The summed E-state index contributed by atoms with van der Waals surface area (Å²) in [4.78, 5) is 22.7. The van der Waals surface area contributed by atoms with E-state index in [9.17, 15) is 18.7 Å². The van der Waals surface area contributed by atoms with Crippen molar-refractivity contribution in [3.8, 4) is 0 Å². The standard InChI is InChI=1S/C21H21F2N5O2/c22-13-1-2-14(17(23)7-13)21(30)26-8-12-5-6-28(10-12)18-4-3-15(20(24)29)19-16(18)9-25-11-27-19/h1-4,7,9,11-12,20,29H,5-6,8,10,24H2,(H,26,30). The monoisotopic (exact) mass is 413 g/mol. The topological polar surface area (TPSA) is 104 Å². The number of aliphatic hydroxyl groups excluding tert-OH is 1. The van der Waals surface area contributed by atoms with E-state index in [1.165, 1.54) is 6.33 Å². The number of hydrogen-bond donors (Lipinski definition) is 3. The molecule has 4 N–H and O–H groups in total. The molecule has 2 atom stereocenters. The summed E-state index contributed by atoms with van der Waals surface area (Å²) < 4.78 is 26.8. The van der Waals surface area contributed by atoms with Crippen molar-refractivity contribution in [2.45, 2.75) is 12.6 Å². The Balaban J connectivity index is 1.45. The van der Waals surface area contributed by atoms with Crippen LogP contribution in [0.15, 0.2) is 42.9 Å². The van der Waals surface area contributed by atoms with E-state index in [0.717, 1.165) is 36.2 Å². The normalized spacial score (nSPS) is 17.3. The van der Waals surface area contributed by atoms with Crippen LogP contribution in [0.2, 0.25) is 0 Å². The number of nitrogens with one attached hydrogen (secondary N) is 1. The Morgan fingerprint density at radius 2 is 2.17 bits per heavy atom. The average molecular weight is 413 g/mol. The first-order valence-corrected chi connectivity index (χ1v) is 9.58. The summed E-state index contributed by atoms with van der Waals surface area (Å²) in [5.41, 5.74) is 7.51. The van der Waals surface area contributed by atoms with Crippen LogP contribution in [0.3, 0.4) is 0 Å². The first kappa shape index (κ1) is 20.1. The number of hydrogen-bond acceptors (Lipinski definition) is 6. The van der Waals surface area contributed by atoms with Crippen LogP contribution in [0.5, 0.6) is 0 Å². The summed E-state index contributed by atoms with van der Waals surface area (Å²) in [5.74, 6) is -2.00. The van der Waals surface area contributed by atoms with Gasteiger partial charge in [0.25, 0.3) is 5.91 Å². The van der Waals surface area contributed by atoms with Crippen molar-refractivity contribution in [1.29, 1.82) is 0 Å². The van der Waals surface area contributed by atoms with Crippen molar-refractivity contribution < 1.29 is 18.7 Å². The Morgan fingerprint density at radius 1 is 1.33 bits per heavy atom. The van der Waals surface area contributed by atoms with Gasteiger partial charge in [-0.25, -0.2) is 18.7 Å². The number of rotatable bonds is 5. The lowest BCUT2D eigenvalue weighted by Gasteiger charge is -2.22. The Bertz CT molecular complexity index is 1090. The van der Waals surface area contributed by atoms with Gasteiger partial charge in [0.15, 0.2) is 0 Å². The van der Waals surface area contributed by atoms with E-state index in [1.807, 2.05) is 6.07 Å². The maximum Gasteiger partial charge on any atom is 0.254 e. The molecule has 1 aromatic heterocycles. The third kappa shape index (κ3) is 3.94. The zero-order valence-electron chi connectivity index (χ0n) is 16.1. The molecule has 2 heterocycles. The number of aliphatic hydroxyl groups is 1. The van der Waals surface area contributed by atoms with E-state index in [-0.39, 0.29) is 11.5 Å². The molecule has 0 radical (unpaired) electrons. The number of anilines is 1. The second-order valence-corrected chi connectivity index (χ2v) is 7.34. The predicted molar refractivity (Wildman–Crippen MR) is 108 cm³/mol. The van der Waals surface area contributed by atoms with E-state index in [0.29, 0.717) is 30.2 Å². The van der Waals surface area contributed by atoms with Crippen molar-refractivity contribution in [2.24, 2.45) is 11.7 Å². The van der Waals surface area contributed by atoms with Gasteiger partial charge in [0.2, 0.25) is 0 Å². The SMILES string of the molecule is NC(O)c1ccc(N2CCC(CNC(=O)c3ccc(F)cc3F)C2)c2cncnc12. The van der Waals surface area contributed by atoms with E-state index in [1.54, 1.807) is 12.3 Å². The van der Waals surface area contributed by atoms with Crippen LogP contribution in [0.4, 0.5) is 14.5 Å². The second-order valence-electron chi connectivity index (χ2n) is 7.34. The number of benzene rings is 2. The molecular formula is C21H21F2N5O2. The zero-order chi connectivity index (χ0) is 21.3. The molecule has 30 heavy (non-hydrogen) atoms. The number of aromatic nitrogens is 2. The Morgan fingerprint density at radius 3 is 2.93 bits per heavy atom. The van der Waals surface area contributed by atoms with Gasteiger partial charge in [0.1, 0.15) is 24.2 Å². The van der Waals surface area contributed by atoms with Gasteiger partial charge in [-0.1, -0.05) is 6.07 Å². The average Bonchev–Trinajstić information content (AvgIpc) is 3.20. The van der Waals surface area contributed by atoms with Gasteiger partial charge in [0.05, 0.1) is 11.1 Å². The lowest BCUT2D eigenvalue weighted by Crippen LogP contribution is -2.31. The van der Waals surface area contributed by atoms with Gasteiger partial charge in [0, 0.05) is 48.5 Å². The van der Waals surface area contributed by atoms with Crippen molar-refractivity contribution in [3.63, 3.8) is 0 Å². The van der Waals surface area contributed by atoms with Gasteiger partial charge in [-0.3, -0.25) is 4.79 Å². The van der Waals surface area contributed by atoms with E-state index in [2.05, 4.69) is 20.2 Å². The number of amides is 1. The smallest absolute Gasteiger partial charge is 0.254 e. The van der Waals surface area contributed by atoms with Crippen LogP contribution in [0, 0.1) is 17.6 Å². The molecular weight excluding hydrogens is 392 g/mol. The van der Waals surface area contributed by atoms with Crippen LogP contribution < -0.4 is 16.0 Å². The largest absolute Gasteiger partial charge is 0.374 e. The zero-order valence-corrected chi connectivity index (χ0v) is 16.1. The summed E-state index contributed by atoms with van der Waals surface area (Å²) in [7, 11) is 0. The summed E-state index contributed by atoms with van der Waals surface area (Å²) >= 11 is 0. The van der Waals surface area contributed by atoms with Crippen molar-refractivity contribution in [1.82, 2.24) is 15.3 Å². The van der Waals surface area contributed by atoms with E-state index < -0.39 is 23.8 Å². The number of fused-ring (bicyclic) bond motifs is 1. The van der Waals surface area contributed by atoms with Gasteiger partial charge in [-0.15, -0.1) is 0 Å². The minimum Gasteiger partial charge on any atom is -0.374 e. The van der Waals surface area contributed by atoms with Crippen LogP contribution >= 0.6 is 0 Å². The number of nitrogens with two attached hydrogens (primary N) is 1. The van der Waals surface area contributed by atoms with Gasteiger partial charge in [-0.05, 0) is 30.5 Å². The molecule has 1 saturated heterocycles. The Labute approximate surface area is 171 Å². The maximum absolute atomic E-state index is 13.8. The maximum atomic E-state index is 13.8. The van der Waals surface area contributed by atoms with Gasteiger partial charge >= 0.3 is 0 Å². The highest BCUT2D eigenvalue weighted by Crippen LogP contribution is 2.32. The summed E-state index contributed by atoms with van der Waals surface area (Å²) in [6.45, 7) is 1.82. The molecule has 0 bridgehead atoms. The highest BCUT2D eigenvalue weighted by Gasteiger charge is 2.26. The fourth-order valence-corrected chi connectivity index (χ4v) is 3.82. The first-order chi connectivity index (χ1) is 14.4. The van der Waals surface area contributed by atoms with Gasteiger partial charge < -0.3 is 21.1 Å². The number of nitrogens with zero attached hydrogens (tertiary/aromatic N) is 3. The summed E-state index contributed by atoms with van der Waals surface area (Å²) in [5, 5.41) is 13.3. The lowest BCUT2D eigenvalue weighted by atomic mass is 10.1. The van der Waals surface area contributed by atoms with Crippen molar-refractivity contribution in [3.05, 3.63) is 65.6 Å². The van der Waals surface area contributed by atoms with Crippen LogP contribution in [-0.2, 0) is 0 Å². The summed E-state index contributed by atoms with van der Waals surface area (Å²) in [6, 6.07) is 6.53. The highest BCUT2D eigenvalue weighted by atomic mass is 19.1. The quantitative estimate of drug-likeness (QED) is 0.554. The van der Waals surface area contributed by atoms with Crippen molar-refractivity contribution >= 4 is 22.5 Å². The minimum absolute atomic E-state index is 0.164. The van der Waals surface area contributed by atoms with Gasteiger partial charge in [-0.2, -0.15) is 0 Å². The molecule has 2 aromatic carbocycles. The fraction of sp³-hybridized carbons (Fsp3) is 0.286. The Kier molecular flexibility index (Phi) is 5.56. The molecule has 1 aliphatic heterocycles. The first-order valence-electron chi connectivity index (χ1n) is 9.58. The Hall–Kier alpha value is -3.17. The molecule has 3 aromatic rings. The molecule has 0 saturated carbocycles. The van der Waals surface area contributed by atoms with Crippen molar-refractivity contribution in [2.75, 3.05) is 24.5 Å². The third-order valence-electron chi connectivity index (χ3n) is 5.35. The molecule has 9 heteroatoms. The molecule has 1 aliphatic rings. The molecule has 7 nitrogen and oxygen atoms in total. The van der Waals surface area contributed by atoms with E-state index in [4.69, 9.17) is 5.73 Å². The van der Waals surface area contributed by atoms with Crippen LogP contribution in [0.25, 0.3) is 10.9 Å². The second kappa shape index (κ2) is 8.29. The molecule has 2 unspecified atom stereocenters. The molecule has 0 spiro atoms. The predicted octanol–water partition coefficient (Wildman–Crippen LogP) is 2.11. The minimum atomic E-state index is -1.13. The molecule has 1 fully saturated rings. The fourth-order valence-electron chi connectivity index (χ4n) is 3.82. The molecule has 4 rings (SSSR count). The number of halogens is 2. The lowest BCUT2D eigenvalue weighted by molar-refractivity contribution is 0.0944. The van der Waals surface area contributed by atoms with Crippen LogP contribution in [-0.4, -0.2) is 40.6 Å². The molecule has 1 amide bonds. The summed E-state index contributed by atoms with van der Waals surface area (Å²) in [6.07, 6.45) is 2.80. The number of carbonyl (C=O) groups is 1. The third-order valence-corrected chi connectivity index (χ3v) is 5.35.